The summed E-state index contributed by atoms with van der Waals surface area (Å²) in [6.45, 7) is 25.4. The van der Waals surface area contributed by atoms with Crippen molar-refractivity contribution in [2.45, 2.75) is 90.3 Å². The molecule has 1 nitrogen and oxygen atoms in total. The molecule has 24 heavy (non-hydrogen) atoms. The van der Waals surface area contributed by atoms with Crippen LogP contribution in [-0.2, 0) is 20.8 Å². The van der Waals surface area contributed by atoms with Gasteiger partial charge in [0, 0.05) is 0 Å². The predicted octanol–water partition coefficient (Wildman–Crippen LogP) is 6.74. The van der Waals surface area contributed by atoms with Crippen LogP contribution in [0, 0.1) is 30.2 Å². The van der Waals surface area contributed by atoms with E-state index in [0.29, 0.717) is 11.8 Å². The molecule has 0 amide bonds. The molecular weight excluding hydrogens is 446 g/mol. The minimum absolute atomic E-state index is 0.225. The summed E-state index contributed by atoms with van der Waals surface area (Å²) in [6, 6.07) is 0. The van der Waals surface area contributed by atoms with Crippen LogP contribution in [0.1, 0.15) is 47.0 Å². The number of hydrogen-bond donors (Lipinski definition) is 0. The molecule has 0 spiro atoms. The van der Waals surface area contributed by atoms with Gasteiger partial charge in [-0.15, -0.1) is 11.5 Å². The molecule has 0 saturated heterocycles. The van der Waals surface area contributed by atoms with E-state index in [0.717, 1.165) is 12.8 Å². The van der Waals surface area contributed by atoms with Crippen molar-refractivity contribution in [2.24, 2.45) is 11.8 Å². The summed E-state index contributed by atoms with van der Waals surface area (Å²) >= 11 is 4.25. The van der Waals surface area contributed by atoms with Gasteiger partial charge < -0.3 is 11.3 Å². The first-order chi connectivity index (χ1) is 10.7. The predicted molar refractivity (Wildman–Crippen MR) is 113 cm³/mol. The van der Waals surface area contributed by atoms with Crippen molar-refractivity contribution < 1.29 is 20.8 Å². The van der Waals surface area contributed by atoms with Gasteiger partial charge in [-0.1, -0.05) is 66.1 Å². The van der Waals surface area contributed by atoms with E-state index in [4.69, 9.17) is 4.43 Å². The molecule has 1 fully saturated rings. The Hall–Kier alpha value is 1.06. The van der Waals surface area contributed by atoms with Crippen molar-refractivity contribution in [3.05, 3.63) is 6.92 Å². The molecule has 0 N–H and O–H groups in total. The third kappa shape index (κ3) is 6.34. The molecule has 1 rings (SSSR count). The van der Waals surface area contributed by atoms with Crippen LogP contribution in [0.25, 0.3) is 0 Å². The van der Waals surface area contributed by atoms with Crippen molar-refractivity contribution in [3.8, 4) is 11.5 Å². The minimum atomic E-state index is -1.90. The van der Waals surface area contributed by atoms with Gasteiger partial charge in [0.2, 0.25) is 0 Å². The van der Waals surface area contributed by atoms with Gasteiger partial charge in [-0.3, -0.25) is 0 Å². The second-order valence-electron chi connectivity index (χ2n) is 9.47. The van der Waals surface area contributed by atoms with E-state index in [1.54, 1.807) is 0 Å². The van der Waals surface area contributed by atoms with Crippen LogP contribution >= 0.6 is 13.6 Å². The molecule has 136 valence electrons. The number of hydrogen-bond acceptors (Lipinski definition) is 1. The zero-order valence-corrected chi connectivity index (χ0v) is 24.0. The average Bonchev–Trinajstić information content (AvgIpc) is 2.79. The first-order valence-electron chi connectivity index (χ1n) is 9.08. The molecule has 2 atom stereocenters. The SMILES string of the molecule is [CH2-][C@@H]1CCC[C@@]1(C#C[Si](C)(C)C)O[Si](C)(C)C(C)(C)C(C)C.[Zn+][Br]. The van der Waals surface area contributed by atoms with Crippen molar-refractivity contribution in [3.63, 3.8) is 0 Å². The van der Waals surface area contributed by atoms with Crippen LogP contribution in [0.4, 0.5) is 0 Å². The fourth-order valence-electron chi connectivity index (χ4n) is 2.95. The van der Waals surface area contributed by atoms with Crippen LogP contribution in [0.3, 0.4) is 0 Å². The van der Waals surface area contributed by atoms with Crippen molar-refractivity contribution >= 4 is 30.0 Å². The van der Waals surface area contributed by atoms with Crippen LogP contribution < -0.4 is 0 Å². The van der Waals surface area contributed by atoms with E-state index in [2.05, 4.69) is 92.4 Å². The van der Waals surface area contributed by atoms with Crippen LogP contribution in [0.15, 0.2) is 0 Å². The topological polar surface area (TPSA) is 9.23 Å². The van der Waals surface area contributed by atoms with Crippen LogP contribution in [0.5, 0.6) is 0 Å². The monoisotopic (exact) mass is 480 g/mol. The molecule has 0 aromatic heterocycles. The summed E-state index contributed by atoms with van der Waals surface area (Å²) in [5.41, 5.74) is 3.29. The van der Waals surface area contributed by atoms with Crippen molar-refractivity contribution in [1.82, 2.24) is 0 Å². The zero-order chi connectivity index (χ0) is 19.4. The first kappa shape index (κ1) is 25.1. The Bertz CT molecular complexity index is 460. The van der Waals surface area contributed by atoms with E-state index in [9.17, 15) is 0 Å². The molecule has 0 radical (unpaired) electrons. The summed E-state index contributed by atoms with van der Waals surface area (Å²) < 4.78 is 6.95. The fourth-order valence-corrected chi connectivity index (χ4v) is 6.42. The van der Waals surface area contributed by atoms with Gasteiger partial charge in [-0.25, -0.2) is 0 Å². The molecule has 1 aliphatic carbocycles. The molecule has 0 heterocycles. The van der Waals surface area contributed by atoms with Gasteiger partial charge in [0.1, 0.15) is 8.07 Å². The van der Waals surface area contributed by atoms with E-state index < -0.39 is 16.4 Å². The van der Waals surface area contributed by atoms with Gasteiger partial charge in [0.25, 0.3) is 0 Å². The summed E-state index contributed by atoms with van der Waals surface area (Å²) in [5.74, 6) is 4.54. The van der Waals surface area contributed by atoms with E-state index >= 15 is 0 Å². The maximum absolute atomic E-state index is 6.95. The average molecular weight is 483 g/mol. The Labute approximate surface area is 170 Å². The molecule has 5 heteroatoms. The van der Waals surface area contributed by atoms with Gasteiger partial charge >= 0.3 is 30.0 Å². The summed E-state index contributed by atoms with van der Waals surface area (Å²) in [6.07, 6.45) is 3.40. The summed E-state index contributed by atoms with van der Waals surface area (Å²) in [7, 11) is -3.29. The van der Waals surface area contributed by atoms with Crippen LogP contribution in [0.2, 0.25) is 37.8 Å². The molecule has 0 aromatic carbocycles. The second kappa shape index (κ2) is 9.31. The van der Waals surface area contributed by atoms with Gasteiger partial charge in [0.15, 0.2) is 8.32 Å². The maximum atomic E-state index is 6.95. The van der Waals surface area contributed by atoms with E-state index in [1.165, 1.54) is 22.8 Å². The third-order valence-corrected chi connectivity index (χ3v) is 11.3. The summed E-state index contributed by atoms with van der Waals surface area (Å²) in [4.78, 5) is 0. The number of rotatable bonds is 4. The normalized spacial score (nSPS) is 25.0. The third-order valence-electron chi connectivity index (χ3n) is 5.84. The fraction of sp³-hybridized carbons (Fsp3) is 0.842. The molecule has 0 aliphatic heterocycles. The first-order valence-corrected chi connectivity index (χ1v) is 22.4. The molecule has 1 saturated carbocycles. The Morgan fingerprint density at radius 2 is 1.71 bits per heavy atom. The van der Waals surface area contributed by atoms with E-state index in [-0.39, 0.29) is 10.6 Å². The molecule has 0 bridgehead atoms. The Morgan fingerprint density at radius 3 is 2.04 bits per heavy atom. The molecular formula is C19H37BrOSi2Zn. The zero-order valence-electron chi connectivity index (χ0n) is 17.5. The quantitative estimate of drug-likeness (QED) is 0.245. The van der Waals surface area contributed by atoms with Crippen LogP contribution in [-0.4, -0.2) is 22.0 Å². The van der Waals surface area contributed by atoms with Crippen molar-refractivity contribution in [2.75, 3.05) is 0 Å². The second-order valence-corrected chi connectivity index (χ2v) is 18.7. The van der Waals surface area contributed by atoms with Gasteiger partial charge in [-0.2, -0.15) is 0 Å². The Kier molecular flexibility index (Phi) is 9.72. The van der Waals surface area contributed by atoms with Gasteiger partial charge in [-0.05, 0) is 30.5 Å². The van der Waals surface area contributed by atoms with Crippen molar-refractivity contribution in [1.29, 1.82) is 0 Å². The molecule has 0 unspecified atom stereocenters. The Balaban J connectivity index is 0.00000254. The van der Waals surface area contributed by atoms with E-state index in [1.807, 2.05) is 0 Å². The molecule has 1 aliphatic rings. The summed E-state index contributed by atoms with van der Waals surface area (Å²) in [5, 5.41) is 0.225. The Morgan fingerprint density at radius 1 is 1.21 bits per heavy atom. The standard InChI is InChI=1S/C19H37OSi2.BrH.Zn/c1-16(2)18(4,5)22(9,10)20-19(13-11-12-17(19)3)14-15-21(6,7)8;;/h16-17H,3,11-13H2,1-2,4-10H3;1H;/q-1;;+2/p-1/t17-,19+;;/m1../s1. The molecule has 0 aromatic rings. The van der Waals surface area contributed by atoms with Gasteiger partial charge in [0.05, 0.1) is 5.60 Å². The number of halogens is 1.